The van der Waals surface area contributed by atoms with Crippen molar-refractivity contribution in [1.29, 1.82) is 0 Å². The van der Waals surface area contributed by atoms with Gasteiger partial charge in [-0.25, -0.2) is 4.79 Å². The molecule has 1 saturated heterocycles. The Hall–Kier alpha value is -0.810. The first-order valence-electron chi connectivity index (χ1n) is 9.94. The molecule has 5 nitrogen and oxygen atoms in total. The molecule has 1 aliphatic heterocycles. The number of fused-ring (bicyclic) bond motifs is 2. The lowest BCUT2D eigenvalue weighted by atomic mass is 9.85. The lowest BCUT2D eigenvalue weighted by molar-refractivity contribution is 0.141. The van der Waals surface area contributed by atoms with E-state index in [1.54, 1.807) is 0 Å². The number of amides is 2. The second-order valence-electron chi connectivity index (χ2n) is 8.72. The van der Waals surface area contributed by atoms with Gasteiger partial charge >= 0.3 is 6.03 Å². The van der Waals surface area contributed by atoms with Crippen molar-refractivity contribution in [3.8, 4) is 0 Å². The van der Waals surface area contributed by atoms with Crippen LogP contribution in [0.25, 0.3) is 0 Å². The van der Waals surface area contributed by atoms with Crippen molar-refractivity contribution < 1.29 is 9.90 Å². The summed E-state index contributed by atoms with van der Waals surface area (Å²) in [4.78, 5) is 14.9. The lowest BCUT2D eigenvalue weighted by Crippen LogP contribution is -2.50. The molecule has 2 bridgehead atoms. The summed E-state index contributed by atoms with van der Waals surface area (Å²) in [5.74, 6) is 2.73. The van der Waals surface area contributed by atoms with Crippen LogP contribution in [0.4, 0.5) is 4.79 Å². The molecule has 5 unspecified atom stereocenters. The summed E-state index contributed by atoms with van der Waals surface area (Å²) in [5.41, 5.74) is 0. The van der Waals surface area contributed by atoms with E-state index in [2.05, 4.69) is 29.4 Å². The Morgan fingerprint density at radius 2 is 2.04 bits per heavy atom. The van der Waals surface area contributed by atoms with Gasteiger partial charge in [0, 0.05) is 38.2 Å². The van der Waals surface area contributed by atoms with Gasteiger partial charge < -0.3 is 20.6 Å². The lowest BCUT2D eigenvalue weighted by Gasteiger charge is -2.34. The highest BCUT2D eigenvalue weighted by Crippen LogP contribution is 2.48. The van der Waals surface area contributed by atoms with E-state index in [-0.39, 0.29) is 24.6 Å². The maximum absolute atomic E-state index is 12.3. The zero-order valence-electron chi connectivity index (χ0n) is 15.3. The number of aliphatic hydroxyl groups is 1. The van der Waals surface area contributed by atoms with Crippen molar-refractivity contribution in [1.82, 2.24) is 15.5 Å². The van der Waals surface area contributed by atoms with Gasteiger partial charge in [-0.15, -0.1) is 0 Å². The van der Waals surface area contributed by atoms with E-state index in [1.807, 2.05) is 0 Å². The molecule has 2 amide bonds. The van der Waals surface area contributed by atoms with Gasteiger partial charge in [-0.1, -0.05) is 13.8 Å². The Kier molecular flexibility index (Phi) is 6.03. The number of carbonyl (C=O) groups excluding carboxylic acids is 1. The molecule has 0 radical (unpaired) electrons. The van der Waals surface area contributed by atoms with Crippen LogP contribution in [-0.2, 0) is 0 Å². The number of aliphatic hydroxyl groups excluding tert-OH is 1. The number of hydrogen-bond acceptors (Lipinski definition) is 3. The minimum absolute atomic E-state index is 0.0352. The van der Waals surface area contributed by atoms with Crippen LogP contribution in [0.1, 0.15) is 46.0 Å². The molecule has 1 heterocycles. The summed E-state index contributed by atoms with van der Waals surface area (Å²) in [6.45, 7) is 8.97. The molecule has 0 aromatic rings. The topological polar surface area (TPSA) is 64.6 Å². The maximum atomic E-state index is 12.3. The fraction of sp³-hybridized carbons (Fsp3) is 0.947. The highest BCUT2D eigenvalue weighted by Gasteiger charge is 2.47. The predicted octanol–water partition coefficient (Wildman–Crippen LogP) is 2.06. The van der Waals surface area contributed by atoms with E-state index in [0.717, 1.165) is 19.6 Å². The number of likely N-dealkylation sites (tertiary alicyclic amines) is 1. The van der Waals surface area contributed by atoms with Crippen molar-refractivity contribution in [2.24, 2.45) is 29.6 Å². The van der Waals surface area contributed by atoms with Crippen LogP contribution in [0.15, 0.2) is 0 Å². The molecule has 5 heteroatoms. The van der Waals surface area contributed by atoms with E-state index in [4.69, 9.17) is 0 Å². The number of rotatable bonds is 6. The molecule has 24 heavy (non-hydrogen) atoms. The van der Waals surface area contributed by atoms with E-state index in [0.29, 0.717) is 23.7 Å². The molecule has 0 aromatic carbocycles. The molecule has 3 fully saturated rings. The summed E-state index contributed by atoms with van der Waals surface area (Å²) in [7, 11) is 0. The van der Waals surface area contributed by atoms with Gasteiger partial charge in [0.1, 0.15) is 0 Å². The van der Waals surface area contributed by atoms with Gasteiger partial charge in [-0.2, -0.15) is 0 Å². The summed E-state index contributed by atoms with van der Waals surface area (Å²) >= 11 is 0. The van der Waals surface area contributed by atoms with E-state index < -0.39 is 0 Å². The number of piperidine rings is 1. The van der Waals surface area contributed by atoms with Gasteiger partial charge in [0.25, 0.3) is 0 Å². The van der Waals surface area contributed by atoms with Crippen LogP contribution in [0.5, 0.6) is 0 Å². The number of nitrogens with zero attached hydrogens (tertiary/aromatic N) is 1. The number of urea groups is 1. The number of carbonyl (C=O) groups is 1. The fourth-order valence-electron chi connectivity index (χ4n) is 5.34. The second kappa shape index (κ2) is 8.05. The van der Waals surface area contributed by atoms with Crippen molar-refractivity contribution in [2.45, 2.75) is 52.0 Å². The SMILES string of the molecule is CC(C)CN1CCCC(CNC(=O)NC2C3CCC(C3)C2CO)C1. The molecule has 138 valence electrons. The minimum atomic E-state index is -0.0352. The quantitative estimate of drug-likeness (QED) is 0.695. The molecule has 3 N–H and O–H groups in total. The zero-order chi connectivity index (χ0) is 17.1. The number of nitrogens with one attached hydrogen (secondary N) is 2. The van der Waals surface area contributed by atoms with E-state index in [9.17, 15) is 9.90 Å². The van der Waals surface area contributed by atoms with Gasteiger partial charge in [0.2, 0.25) is 0 Å². The summed E-state index contributed by atoms with van der Waals surface area (Å²) in [5, 5.41) is 15.9. The third-order valence-electron chi connectivity index (χ3n) is 6.37. The summed E-state index contributed by atoms with van der Waals surface area (Å²) in [6, 6.07) is 0.143. The standard InChI is InChI=1S/C19H35N3O2/c1-13(2)10-22-7-3-4-14(11-22)9-20-19(24)21-18-16-6-5-15(8-16)17(18)12-23/h13-18,23H,3-12H2,1-2H3,(H2,20,21,24). The normalized spacial score (nSPS) is 36.2. The summed E-state index contributed by atoms with van der Waals surface area (Å²) < 4.78 is 0. The molecule has 2 saturated carbocycles. The minimum Gasteiger partial charge on any atom is -0.396 e. The van der Waals surface area contributed by atoms with Crippen LogP contribution in [0.2, 0.25) is 0 Å². The second-order valence-corrected chi connectivity index (χ2v) is 8.72. The fourth-order valence-corrected chi connectivity index (χ4v) is 5.34. The zero-order valence-corrected chi connectivity index (χ0v) is 15.3. The van der Waals surface area contributed by atoms with Crippen molar-refractivity contribution >= 4 is 6.03 Å². The molecular weight excluding hydrogens is 302 g/mol. The van der Waals surface area contributed by atoms with Crippen LogP contribution < -0.4 is 10.6 Å². The Morgan fingerprint density at radius 3 is 2.79 bits per heavy atom. The van der Waals surface area contributed by atoms with Gasteiger partial charge in [0.05, 0.1) is 0 Å². The number of hydrogen-bond donors (Lipinski definition) is 3. The first-order chi connectivity index (χ1) is 11.6. The molecule has 0 spiro atoms. The highest BCUT2D eigenvalue weighted by atomic mass is 16.3. The molecule has 3 aliphatic rings. The van der Waals surface area contributed by atoms with Crippen molar-refractivity contribution in [3.63, 3.8) is 0 Å². The van der Waals surface area contributed by atoms with Crippen LogP contribution in [0, 0.1) is 29.6 Å². The van der Waals surface area contributed by atoms with Gasteiger partial charge in [-0.05, 0) is 62.3 Å². The predicted molar refractivity (Wildman–Crippen MR) is 95.7 cm³/mol. The first kappa shape index (κ1) is 18.0. The molecule has 0 aromatic heterocycles. The summed E-state index contributed by atoms with van der Waals surface area (Å²) in [6.07, 6.45) is 6.06. The Bertz CT molecular complexity index is 429. The Balaban J connectivity index is 1.41. The van der Waals surface area contributed by atoms with Crippen molar-refractivity contribution in [2.75, 3.05) is 32.8 Å². The Labute approximate surface area is 146 Å². The Morgan fingerprint density at radius 1 is 1.25 bits per heavy atom. The third kappa shape index (κ3) is 4.23. The average molecular weight is 338 g/mol. The van der Waals surface area contributed by atoms with E-state index in [1.165, 1.54) is 38.6 Å². The maximum Gasteiger partial charge on any atom is 0.315 e. The smallest absolute Gasteiger partial charge is 0.315 e. The highest BCUT2D eigenvalue weighted by molar-refractivity contribution is 5.74. The van der Waals surface area contributed by atoms with Crippen LogP contribution in [0.3, 0.4) is 0 Å². The monoisotopic (exact) mass is 337 g/mol. The molecule has 5 atom stereocenters. The average Bonchev–Trinajstić information content (AvgIpc) is 3.14. The third-order valence-corrected chi connectivity index (χ3v) is 6.37. The van der Waals surface area contributed by atoms with E-state index >= 15 is 0 Å². The van der Waals surface area contributed by atoms with Crippen LogP contribution in [-0.4, -0.2) is 54.9 Å². The van der Waals surface area contributed by atoms with Gasteiger partial charge in [-0.3, -0.25) is 0 Å². The van der Waals surface area contributed by atoms with Gasteiger partial charge in [0.15, 0.2) is 0 Å². The molecule has 2 aliphatic carbocycles. The van der Waals surface area contributed by atoms with Crippen LogP contribution >= 0.6 is 0 Å². The molecular formula is C19H35N3O2. The van der Waals surface area contributed by atoms with Crippen molar-refractivity contribution in [3.05, 3.63) is 0 Å². The molecule has 3 rings (SSSR count). The largest absolute Gasteiger partial charge is 0.396 e. The first-order valence-corrected chi connectivity index (χ1v) is 9.94.